The Kier molecular flexibility index (Phi) is 15.7. The molecule has 8 heterocycles. The van der Waals surface area contributed by atoms with Gasteiger partial charge in [0.15, 0.2) is 0 Å². The van der Waals surface area contributed by atoms with Gasteiger partial charge in [-0.2, -0.15) is 15.2 Å². The molecule has 0 aliphatic carbocycles. The number of hydrogen-bond donors (Lipinski definition) is 1. The van der Waals surface area contributed by atoms with Gasteiger partial charge in [-0.15, -0.1) is 0 Å². The Balaban J connectivity index is 0.000000133. The maximum Gasteiger partial charge on any atom is 0.225 e. The van der Waals surface area contributed by atoms with Crippen LogP contribution in [0, 0.1) is 45.1 Å². The van der Waals surface area contributed by atoms with Crippen LogP contribution in [0.5, 0.6) is 0 Å². The molecule has 0 atom stereocenters. The van der Waals surface area contributed by atoms with E-state index in [1.807, 2.05) is 44.9 Å². The topological polar surface area (TPSA) is 161 Å². The summed E-state index contributed by atoms with van der Waals surface area (Å²) in [6.45, 7) is 10.1. The lowest BCUT2D eigenvalue weighted by atomic mass is 10.1. The average Bonchev–Trinajstić information content (AvgIpc) is 4.52. The van der Waals surface area contributed by atoms with Crippen LogP contribution < -0.4 is 20.0 Å². The fourth-order valence-electron chi connectivity index (χ4n) is 10.2. The normalized spacial score (nSPS) is 13.1. The molecule has 1 N–H and O–H groups in total. The highest BCUT2D eigenvalue weighted by Gasteiger charge is 2.29. The van der Waals surface area contributed by atoms with Crippen molar-refractivity contribution in [3.63, 3.8) is 0 Å². The van der Waals surface area contributed by atoms with Crippen molar-refractivity contribution in [3.05, 3.63) is 217 Å². The molecule has 3 aliphatic rings. The van der Waals surface area contributed by atoms with Crippen molar-refractivity contribution in [2.24, 2.45) is 0 Å². The first-order valence-corrected chi connectivity index (χ1v) is 27.2. The molecule has 16 nitrogen and oxygen atoms in total. The van der Waals surface area contributed by atoms with Crippen LogP contribution in [-0.4, -0.2) is 86.1 Å². The van der Waals surface area contributed by atoms with Gasteiger partial charge in [0.25, 0.3) is 0 Å². The lowest BCUT2D eigenvalue weighted by molar-refractivity contribution is 0.627. The summed E-state index contributed by atoms with van der Waals surface area (Å²) in [5.74, 6) is 5.33. The third-order valence-electron chi connectivity index (χ3n) is 14.0. The van der Waals surface area contributed by atoms with Crippen molar-refractivity contribution in [3.8, 4) is 11.4 Å². The summed E-state index contributed by atoms with van der Waals surface area (Å²) in [6, 6.07) is 31.6. The summed E-state index contributed by atoms with van der Waals surface area (Å²) in [5.41, 5.74) is 12.0. The van der Waals surface area contributed by atoms with Gasteiger partial charge in [-0.1, -0.05) is 47.5 Å². The van der Waals surface area contributed by atoms with E-state index in [0.717, 1.165) is 141 Å². The Morgan fingerprint density at radius 2 is 0.864 bits per heavy atom. The quantitative estimate of drug-likeness (QED) is 0.102. The predicted molar refractivity (Wildman–Crippen MR) is 309 cm³/mol. The summed E-state index contributed by atoms with van der Waals surface area (Å²) in [4.78, 5) is 41.7. The maximum atomic E-state index is 13.4. The van der Waals surface area contributed by atoms with Crippen molar-refractivity contribution in [2.45, 2.75) is 59.8 Å². The summed E-state index contributed by atoms with van der Waals surface area (Å²) in [6.07, 6.45) is 6.96. The average molecular weight is 1150 g/mol. The Labute approximate surface area is 480 Å². The summed E-state index contributed by atoms with van der Waals surface area (Å²) >= 11 is 18.3. The molecule has 22 heteroatoms. The molecule has 5 aromatic carbocycles. The van der Waals surface area contributed by atoms with E-state index in [1.54, 1.807) is 58.4 Å². The van der Waals surface area contributed by atoms with Gasteiger partial charge in [0.2, 0.25) is 5.28 Å². The third-order valence-corrected chi connectivity index (χ3v) is 14.8. The van der Waals surface area contributed by atoms with Crippen molar-refractivity contribution >= 4 is 75.1 Å². The molecule has 410 valence electrons. The van der Waals surface area contributed by atoms with Gasteiger partial charge in [-0.05, 0) is 166 Å². The highest BCUT2D eigenvalue weighted by Crippen LogP contribution is 2.39. The number of nitrogens with one attached hydrogen (secondary N) is 1. The Morgan fingerprint density at radius 1 is 0.469 bits per heavy atom. The number of aryl methyl sites for hydroxylation is 4. The predicted octanol–water partition coefficient (Wildman–Crippen LogP) is 12.5. The smallest absolute Gasteiger partial charge is 0.225 e. The van der Waals surface area contributed by atoms with Gasteiger partial charge in [0.05, 0.1) is 11.4 Å². The lowest BCUT2D eigenvalue weighted by Gasteiger charge is -2.19. The van der Waals surface area contributed by atoms with E-state index in [4.69, 9.17) is 49.8 Å². The molecular weight excluding hydrogens is 1100 g/mol. The first-order valence-electron chi connectivity index (χ1n) is 26.0. The first-order chi connectivity index (χ1) is 39.1. The van der Waals surface area contributed by atoms with Crippen molar-refractivity contribution in [2.75, 3.05) is 46.7 Å². The monoisotopic (exact) mass is 1150 g/mol. The van der Waals surface area contributed by atoms with E-state index < -0.39 is 0 Å². The molecule has 3 aliphatic heterocycles. The molecule has 0 amide bonds. The van der Waals surface area contributed by atoms with Crippen LogP contribution in [-0.2, 0) is 32.1 Å². The molecule has 0 fully saturated rings. The molecular formula is C59H52Cl3F3N16. The lowest BCUT2D eigenvalue weighted by Crippen LogP contribution is -2.15. The van der Waals surface area contributed by atoms with Crippen LogP contribution in [0.25, 0.3) is 11.4 Å². The minimum Gasteiger partial charge on any atom is -0.373 e. The van der Waals surface area contributed by atoms with Gasteiger partial charge < -0.3 is 20.0 Å². The number of aromatic nitrogens is 12. The SMILES string of the molecule is CNc1nc(Cc2ccc(-n3cnc(C)n3)c(C)c2)nc2c1CCN2c1ccc(F)cc1.Cc1ncn(-c2ccc(Cc3nc(Cl)c4c(n3)N(c3ccc(F)cc3)CC4)cc2C)n1.Fc1ccc(N2CCc3c(Cl)nc(Cl)nc32)cc1. The highest BCUT2D eigenvalue weighted by atomic mass is 35.5. The van der Waals surface area contributed by atoms with Gasteiger partial charge in [0.1, 0.15) is 87.0 Å². The van der Waals surface area contributed by atoms with Crippen molar-refractivity contribution in [1.82, 2.24) is 59.4 Å². The molecule has 13 rings (SSSR count). The number of nitrogens with zero attached hydrogens (tertiary/aromatic N) is 15. The third kappa shape index (κ3) is 11.9. The van der Waals surface area contributed by atoms with E-state index in [-0.39, 0.29) is 22.7 Å². The molecule has 0 radical (unpaired) electrons. The van der Waals surface area contributed by atoms with E-state index >= 15 is 0 Å². The van der Waals surface area contributed by atoms with E-state index in [2.05, 4.69) is 81.4 Å². The minimum absolute atomic E-state index is 0.118. The molecule has 81 heavy (non-hydrogen) atoms. The molecule has 5 aromatic heterocycles. The second-order valence-electron chi connectivity index (χ2n) is 19.6. The van der Waals surface area contributed by atoms with Gasteiger partial charge in [-0.25, -0.2) is 57.4 Å². The van der Waals surface area contributed by atoms with Gasteiger partial charge in [0, 0.05) is 73.3 Å². The van der Waals surface area contributed by atoms with Crippen molar-refractivity contribution < 1.29 is 13.2 Å². The molecule has 10 aromatic rings. The number of hydrogen-bond acceptors (Lipinski definition) is 14. The second kappa shape index (κ2) is 23.3. The zero-order valence-electron chi connectivity index (χ0n) is 44.7. The van der Waals surface area contributed by atoms with Crippen LogP contribution in [0.3, 0.4) is 0 Å². The summed E-state index contributed by atoms with van der Waals surface area (Å²) in [7, 11) is 1.88. The van der Waals surface area contributed by atoms with Crippen LogP contribution in [0.15, 0.2) is 122 Å². The number of fused-ring (bicyclic) bond motifs is 3. The molecule has 0 saturated carbocycles. The van der Waals surface area contributed by atoms with E-state index in [0.29, 0.717) is 34.8 Å². The zero-order chi connectivity index (χ0) is 56.5. The van der Waals surface area contributed by atoms with E-state index in [1.165, 1.54) is 36.4 Å². The first kappa shape index (κ1) is 54.4. The number of anilines is 7. The molecule has 0 spiro atoms. The number of halogens is 6. The fourth-order valence-corrected chi connectivity index (χ4v) is 10.9. The van der Waals surface area contributed by atoms with Crippen LogP contribution >= 0.6 is 34.8 Å². The second-order valence-corrected chi connectivity index (χ2v) is 20.6. The molecule has 0 saturated heterocycles. The fraction of sp³-hybridized carbons (Fsp3) is 0.220. The summed E-state index contributed by atoms with van der Waals surface area (Å²) in [5, 5.41) is 13.0. The standard InChI is InChI=1S/C24H24FN7.C23H20ClFN6.C12H8Cl2FN3/c1-15-12-17(4-9-21(15)32-14-27-16(2)30-32)13-22-28-23(26-3)20-10-11-31(24(20)29-22)19-7-5-18(25)6-8-19;1-14-11-16(3-8-20(14)31-13-26-15(2)29-31)12-21-27-22(24)19-9-10-30(23(19)28-21)18-6-4-17(25)5-7-18;13-10-9-5-6-18(11(9)17-12(14)16-10)8-3-1-7(15)2-4-8/h4-9,12,14H,10-11,13H2,1-3H3,(H,26,28,29);3-8,11,13H,9-10,12H2,1-2H3;1-4H,5-6H2. The van der Waals surface area contributed by atoms with Crippen molar-refractivity contribution in [1.29, 1.82) is 0 Å². The zero-order valence-corrected chi connectivity index (χ0v) is 46.9. The van der Waals surface area contributed by atoms with Crippen LogP contribution in [0.2, 0.25) is 15.6 Å². The van der Waals surface area contributed by atoms with Gasteiger partial charge in [-0.3, -0.25) is 0 Å². The maximum absolute atomic E-state index is 13.4. The van der Waals surface area contributed by atoms with E-state index in [9.17, 15) is 13.2 Å². The Morgan fingerprint density at radius 3 is 1.27 bits per heavy atom. The Bertz CT molecular complexity index is 3930. The number of benzene rings is 5. The van der Waals surface area contributed by atoms with Crippen LogP contribution in [0.4, 0.5) is 53.5 Å². The molecule has 0 bridgehead atoms. The van der Waals surface area contributed by atoms with Gasteiger partial charge >= 0.3 is 0 Å². The summed E-state index contributed by atoms with van der Waals surface area (Å²) < 4.78 is 43.2. The highest BCUT2D eigenvalue weighted by molar-refractivity contribution is 6.32. The largest absolute Gasteiger partial charge is 0.373 e. The Hall–Kier alpha value is -8.52. The molecule has 0 unspecified atom stereocenters. The van der Waals surface area contributed by atoms with Crippen LogP contribution in [0.1, 0.15) is 62.2 Å². The minimum atomic E-state index is -0.267. The number of rotatable bonds is 10.